The van der Waals surface area contributed by atoms with Gasteiger partial charge in [-0.1, -0.05) is 0 Å². The molecule has 2 nitrogen and oxygen atoms in total. The molecule has 0 aliphatic rings. The van der Waals surface area contributed by atoms with Crippen LogP contribution in [0.5, 0.6) is 0 Å². The summed E-state index contributed by atoms with van der Waals surface area (Å²) in [5.41, 5.74) is 0.921. The third kappa shape index (κ3) is 1.90. The number of furan rings is 1. The third-order valence-corrected chi connectivity index (χ3v) is 1.04. The zero-order valence-electron chi connectivity index (χ0n) is 5.29. The van der Waals surface area contributed by atoms with Gasteiger partial charge < -0.3 is 9.52 Å². The van der Waals surface area contributed by atoms with E-state index in [1.165, 1.54) is 0 Å². The molecule has 0 aliphatic carbocycles. The van der Waals surface area contributed by atoms with Crippen molar-refractivity contribution in [1.82, 2.24) is 0 Å². The Labute approximate surface area is 54.1 Å². The summed E-state index contributed by atoms with van der Waals surface area (Å²) < 4.78 is 4.68. The number of aliphatic hydroxyl groups excluding tert-OH is 1. The highest BCUT2D eigenvalue weighted by atomic mass is 16.3. The zero-order chi connectivity index (χ0) is 6.69. The number of aliphatic hydroxyl groups is 1. The van der Waals surface area contributed by atoms with E-state index in [1.54, 1.807) is 19.3 Å². The van der Waals surface area contributed by atoms with E-state index < -0.39 is 0 Å². The molecule has 0 aromatic carbocycles. The number of hydrogen-bond acceptors (Lipinski definition) is 2. The maximum Gasteiger partial charge on any atom is 0.172 e. The second-order valence-corrected chi connectivity index (χ2v) is 2.10. The van der Waals surface area contributed by atoms with Crippen molar-refractivity contribution in [1.29, 1.82) is 0 Å². The van der Waals surface area contributed by atoms with Gasteiger partial charge in [0.2, 0.25) is 0 Å². The molecule has 0 amide bonds. The highest BCUT2D eigenvalue weighted by molar-refractivity contribution is 5.04. The molecule has 0 saturated carbocycles. The first-order valence-electron chi connectivity index (χ1n) is 2.91. The van der Waals surface area contributed by atoms with Gasteiger partial charge in [-0.05, 0) is 13.0 Å². The zero-order valence-corrected chi connectivity index (χ0v) is 5.29. The van der Waals surface area contributed by atoms with E-state index in [2.05, 4.69) is 10.7 Å². The minimum Gasteiger partial charge on any atom is -0.461 e. The van der Waals surface area contributed by atoms with Crippen LogP contribution in [0.3, 0.4) is 0 Å². The van der Waals surface area contributed by atoms with Crippen LogP contribution in [0.2, 0.25) is 0 Å². The molecule has 1 radical (unpaired) electrons. The Morgan fingerprint density at radius 3 is 3.11 bits per heavy atom. The van der Waals surface area contributed by atoms with E-state index in [-0.39, 0.29) is 6.10 Å². The molecule has 0 bridgehead atoms. The van der Waals surface area contributed by atoms with Crippen molar-refractivity contribution < 1.29 is 9.52 Å². The van der Waals surface area contributed by atoms with E-state index in [0.717, 1.165) is 5.56 Å². The normalized spacial score (nSPS) is 13.6. The van der Waals surface area contributed by atoms with E-state index in [0.29, 0.717) is 6.42 Å². The standard InChI is InChI=1S/C7H9O2/c1-6(8)4-7-2-3-9-5-7/h2-3,6,8H,4H2,1H3/t6-/m0/s1. The molecule has 1 aromatic heterocycles. The van der Waals surface area contributed by atoms with Crippen LogP contribution in [-0.2, 0) is 6.42 Å². The summed E-state index contributed by atoms with van der Waals surface area (Å²) >= 11 is 0. The summed E-state index contributed by atoms with van der Waals surface area (Å²) in [7, 11) is 0. The summed E-state index contributed by atoms with van der Waals surface area (Å²) in [6.45, 7) is 1.74. The van der Waals surface area contributed by atoms with E-state index >= 15 is 0 Å². The number of hydrogen-bond donors (Lipinski definition) is 1. The van der Waals surface area contributed by atoms with Crippen LogP contribution in [0.4, 0.5) is 0 Å². The van der Waals surface area contributed by atoms with Crippen LogP contribution in [0, 0.1) is 6.26 Å². The first kappa shape index (κ1) is 6.36. The van der Waals surface area contributed by atoms with Gasteiger partial charge in [-0.25, -0.2) is 0 Å². The van der Waals surface area contributed by atoms with Gasteiger partial charge in [-0.2, -0.15) is 0 Å². The molecule has 0 unspecified atom stereocenters. The second kappa shape index (κ2) is 2.69. The van der Waals surface area contributed by atoms with Crippen LogP contribution in [0.25, 0.3) is 0 Å². The molecule has 0 saturated heterocycles. The molecule has 1 N–H and O–H groups in total. The van der Waals surface area contributed by atoms with Crippen molar-refractivity contribution in [2.24, 2.45) is 0 Å². The molecule has 2 heteroatoms. The maximum absolute atomic E-state index is 8.86. The van der Waals surface area contributed by atoms with Crippen LogP contribution in [0.1, 0.15) is 12.5 Å². The average molecular weight is 125 g/mol. The Kier molecular flexibility index (Phi) is 1.90. The molecule has 49 valence electrons. The van der Waals surface area contributed by atoms with Gasteiger partial charge in [-0.3, -0.25) is 0 Å². The molecule has 0 aliphatic heterocycles. The second-order valence-electron chi connectivity index (χ2n) is 2.10. The summed E-state index contributed by atoms with van der Waals surface area (Å²) in [6.07, 6.45) is 4.50. The Balaban J connectivity index is 2.48. The molecule has 0 spiro atoms. The lowest BCUT2D eigenvalue weighted by Gasteiger charge is -1.97. The fourth-order valence-corrected chi connectivity index (χ4v) is 0.688. The van der Waals surface area contributed by atoms with Gasteiger partial charge in [-0.15, -0.1) is 0 Å². The van der Waals surface area contributed by atoms with Crippen LogP contribution < -0.4 is 0 Å². The Hall–Kier alpha value is -0.760. The quantitative estimate of drug-likeness (QED) is 0.639. The maximum atomic E-state index is 8.86. The van der Waals surface area contributed by atoms with Crippen molar-refractivity contribution >= 4 is 0 Å². The van der Waals surface area contributed by atoms with Gasteiger partial charge in [0.15, 0.2) is 6.26 Å². The molecule has 0 fully saturated rings. The van der Waals surface area contributed by atoms with E-state index in [4.69, 9.17) is 5.11 Å². The lowest BCUT2D eigenvalue weighted by molar-refractivity contribution is 0.195. The lowest BCUT2D eigenvalue weighted by Crippen LogP contribution is -2.02. The van der Waals surface area contributed by atoms with Crippen LogP contribution in [-0.4, -0.2) is 11.2 Å². The predicted octanol–water partition coefficient (Wildman–Crippen LogP) is 1.00. The molecule has 1 rings (SSSR count). The van der Waals surface area contributed by atoms with Crippen LogP contribution >= 0.6 is 0 Å². The van der Waals surface area contributed by atoms with Crippen molar-refractivity contribution in [2.45, 2.75) is 19.4 Å². The molecule has 1 heterocycles. The summed E-state index contributed by atoms with van der Waals surface area (Å²) in [4.78, 5) is 0. The Morgan fingerprint density at radius 2 is 2.67 bits per heavy atom. The molecular weight excluding hydrogens is 116 g/mol. The first-order valence-corrected chi connectivity index (χ1v) is 2.91. The summed E-state index contributed by atoms with van der Waals surface area (Å²) in [6, 6.07) is 1.80. The highest BCUT2D eigenvalue weighted by Gasteiger charge is 1.98. The SMILES string of the molecule is C[C@H](O)Cc1[c]occ1. The van der Waals surface area contributed by atoms with Gasteiger partial charge >= 0.3 is 0 Å². The van der Waals surface area contributed by atoms with Crippen molar-refractivity contribution in [3.8, 4) is 0 Å². The number of rotatable bonds is 2. The van der Waals surface area contributed by atoms with Crippen molar-refractivity contribution in [3.05, 3.63) is 24.2 Å². The minimum atomic E-state index is -0.307. The van der Waals surface area contributed by atoms with E-state index in [9.17, 15) is 0 Å². The van der Waals surface area contributed by atoms with Crippen molar-refractivity contribution in [2.75, 3.05) is 0 Å². The third-order valence-electron chi connectivity index (χ3n) is 1.04. The average Bonchev–Trinajstić information content (AvgIpc) is 2.15. The molecule has 9 heavy (non-hydrogen) atoms. The fraction of sp³-hybridized carbons (Fsp3) is 0.429. The molecule has 1 atom stereocenters. The molecule has 1 aromatic rings. The largest absolute Gasteiger partial charge is 0.461 e. The topological polar surface area (TPSA) is 33.4 Å². The molecular formula is C7H9O2. The first-order chi connectivity index (χ1) is 4.29. The highest BCUT2D eigenvalue weighted by Crippen LogP contribution is 2.01. The van der Waals surface area contributed by atoms with Gasteiger partial charge in [0.1, 0.15) is 0 Å². The van der Waals surface area contributed by atoms with Crippen molar-refractivity contribution in [3.63, 3.8) is 0 Å². The minimum absolute atomic E-state index is 0.307. The van der Waals surface area contributed by atoms with Gasteiger partial charge in [0, 0.05) is 12.0 Å². The Bertz CT molecular complexity index is 153. The fourth-order valence-electron chi connectivity index (χ4n) is 0.688. The van der Waals surface area contributed by atoms with Gasteiger partial charge in [0.25, 0.3) is 0 Å². The summed E-state index contributed by atoms with van der Waals surface area (Å²) in [5, 5.41) is 8.86. The monoisotopic (exact) mass is 125 g/mol. The summed E-state index contributed by atoms with van der Waals surface area (Å²) in [5.74, 6) is 0. The smallest absolute Gasteiger partial charge is 0.172 e. The Morgan fingerprint density at radius 1 is 1.89 bits per heavy atom. The lowest BCUT2D eigenvalue weighted by atomic mass is 10.2. The van der Waals surface area contributed by atoms with Crippen LogP contribution in [0.15, 0.2) is 16.7 Å². The predicted molar refractivity (Wildman–Crippen MR) is 32.9 cm³/mol. The van der Waals surface area contributed by atoms with E-state index in [1.807, 2.05) is 0 Å². The van der Waals surface area contributed by atoms with Gasteiger partial charge in [0.05, 0.1) is 12.4 Å².